The summed E-state index contributed by atoms with van der Waals surface area (Å²) in [6.07, 6.45) is 17.1. The second-order valence-electron chi connectivity index (χ2n) is 6.92. The van der Waals surface area contributed by atoms with Crippen molar-refractivity contribution in [2.24, 2.45) is 0 Å². The Morgan fingerprint density at radius 2 is 1.32 bits per heavy atom. The van der Waals surface area contributed by atoms with Crippen molar-refractivity contribution >= 4 is 11.8 Å². The summed E-state index contributed by atoms with van der Waals surface area (Å²) in [5.41, 5.74) is 1.59. The van der Waals surface area contributed by atoms with Crippen LogP contribution in [0.25, 0.3) is 0 Å². The Morgan fingerprint density at radius 1 is 0.800 bits per heavy atom. The number of carbonyl (C=O) groups is 2. The highest BCUT2D eigenvalue weighted by Gasteiger charge is 2.14. The first-order valence-electron chi connectivity index (χ1n) is 10.2. The summed E-state index contributed by atoms with van der Waals surface area (Å²) >= 11 is 0. The molecule has 0 aromatic carbocycles. The van der Waals surface area contributed by atoms with Crippen LogP contribution in [0.3, 0.4) is 0 Å². The number of carbonyl (C=O) groups excluding carboxylic acids is 2. The first-order valence-corrected chi connectivity index (χ1v) is 10.2. The van der Waals surface area contributed by atoms with E-state index in [4.69, 9.17) is 0 Å². The van der Waals surface area contributed by atoms with Crippen molar-refractivity contribution in [3.05, 3.63) is 23.5 Å². The van der Waals surface area contributed by atoms with Crippen LogP contribution in [0, 0.1) is 0 Å². The molecule has 142 valence electrons. The zero-order chi connectivity index (χ0) is 18.3. The van der Waals surface area contributed by atoms with Crippen LogP contribution >= 0.6 is 0 Å². The molecule has 0 saturated heterocycles. The fourth-order valence-electron chi connectivity index (χ4n) is 2.96. The lowest BCUT2D eigenvalue weighted by atomic mass is 10.1. The Morgan fingerprint density at radius 3 is 1.88 bits per heavy atom. The third-order valence-electron chi connectivity index (χ3n) is 4.51. The smallest absolute Gasteiger partial charge is 0.224 e. The van der Waals surface area contributed by atoms with Gasteiger partial charge in [0.05, 0.1) is 5.70 Å². The molecule has 0 aliphatic heterocycles. The van der Waals surface area contributed by atoms with E-state index >= 15 is 0 Å². The first-order chi connectivity index (χ1) is 12.2. The van der Waals surface area contributed by atoms with E-state index < -0.39 is 0 Å². The molecule has 0 radical (unpaired) electrons. The van der Waals surface area contributed by atoms with E-state index in [1.54, 1.807) is 0 Å². The molecule has 0 aromatic heterocycles. The molecular weight excluding hydrogens is 312 g/mol. The quantitative estimate of drug-likeness (QED) is 0.428. The topological polar surface area (TPSA) is 58.2 Å². The first kappa shape index (κ1) is 21.5. The summed E-state index contributed by atoms with van der Waals surface area (Å²) < 4.78 is 0. The largest absolute Gasteiger partial charge is 0.327 e. The molecule has 1 aliphatic carbocycles. The zero-order valence-corrected chi connectivity index (χ0v) is 16.2. The van der Waals surface area contributed by atoms with Gasteiger partial charge in [0, 0.05) is 25.0 Å². The van der Waals surface area contributed by atoms with Gasteiger partial charge < -0.3 is 10.6 Å². The van der Waals surface area contributed by atoms with Crippen LogP contribution in [0.1, 0.15) is 97.3 Å². The zero-order valence-electron chi connectivity index (χ0n) is 16.2. The number of amides is 2. The van der Waals surface area contributed by atoms with Gasteiger partial charge in [-0.15, -0.1) is 0 Å². The molecule has 4 heteroatoms. The number of hydrogen-bond donors (Lipinski definition) is 2. The van der Waals surface area contributed by atoms with Crippen LogP contribution in [-0.4, -0.2) is 11.8 Å². The second kappa shape index (κ2) is 13.7. The van der Waals surface area contributed by atoms with Crippen LogP contribution in [-0.2, 0) is 9.59 Å². The van der Waals surface area contributed by atoms with Crippen LogP contribution < -0.4 is 10.6 Å². The van der Waals surface area contributed by atoms with Gasteiger partial charge in [-0.05, 0) is 18.9 Å². The molecule has 0 saturated carbocycles. The molecule has 0 heterocycles. The highest BCUT2D eigenvalue weighted by molar-refractivity contribution is 5.81. The molecule has 0 unspecified atom stereocenters. The second-order valence-corrected chi connectivity index (χ2v) is 6.92. The molecule has 2 N–H and O–H groups in total. The monoisotopic (exact) mass is 348 g/mol. The number of rotatable bonds is 14. The number of unbranched alkanes of at least 4 members (excludes halogenated alkanes) is 8. The van der Waals surface area contributed by atoms with E-state index in [9.17, 15) is 9.59 Å². The standard InChI is InChI=1S/C21H36N2O2/c1-3-5-7-9-11-16-20(24)22-18-14-13-15-19(18)23-21(25)17-12-10-8-6-4-2/h13-14H,3-12,15-17H2,1-2H3,(H,22,24)(H,23,25). The Hall–Kier alpha value is -1.58. The number of allylic oxidation sites excluding steroid dienone is 2. The van der Waals surface area contributed by atoms with Gasteiger partial charge >= 0.3 is 0 Å². The van der Waals surface area contributed by atoms with Gasteiger partial charge in [-0.25, -0.2) is 0 Å². The van der Waals surface area contributed by atoms with Gasteiger partial charge in [0.1, 0.15) is 0 Å². The maximum Gasteiger partial charge on any atom is 0.224 e. The molecule has 0 bridgehead atoms. The van der Waals surface area contributed by atoms with E-state index in [0.717, 1.165) is 37.1 Å². The van der Waals surface area contributed by atoms with Crippen LogP contribution in [0.5, 0.6) is 0 Å². The van der Waals surface area contributed by atoms with Crippen molar-refractivity contribution in [3.8, 4) is 0 Å². The predicted octanol–water partition coefficient (Wildman–Crippen LogP) is 5.11. The normalized spacial score (nSPS) is 13.4. The molecular formula is C21H36N2O2. The minimum atomic E-state index is 0.0457. The molecule has 0 spiro atoms. The minimum Gasteiger partial charge on any atom is -0.327 e. The summed E-state index contributed by atoms with van der Waals surface area (Å²) in [5, 5.41) is 5.92. The maximum atomic E-state index is 12.0. The average Bonchev–Trinajstić information content (AvgIpc) is 3.01. The molecule has 0 aromatic rings. The Balaban J connectivity index is 2.27. The molecule has 1 rings (SSSR count). The van der Waals surface area contributed by atoms with Gasteiger partial charge in [0.2, 0.25) is 11.8 Å². The van der Waals surface area contributed by atoms with E-state index in [1.807, 2.05) is 12.2 Å². The van der Waals surface area contributed by atoms with Crippen molar-refractivity contribution in [3.63, 3.8) is 0 Å². The Labute approximate surface area is 153 Å². The third kappa shape index (κ3) is 10.1. The highest BCUT2D eigenvalue weighted by Crippen LogP contribution is 2.15. The summed E-state index contributed by atoms with van der Waals surface area (Å²) in [6.45, 7) is 4.37. The number of nitrogens with one attached hydrogen (secondary N) is 2. The molecule has 1 aliphatic rings. The number of hydrogen-bond acceptors (Lipinski definition) is 2. The predicted molar refractivity (Wildman–Crippen MR) is 104 cm³/mol. The Bertz CT molecular complexity index is 467. The molecule has 25 heavy (non-hydrogen) atoms. The van der Waals surface area contributed by atoms with Gasteiger partial charge in [-0.3, -0.25) is 9.59 Å². The van der Waals surface area contributed by atoms with Crippen LogP contribution in [0.15, 0.2) is 23.5 Å². The van der Waals surface area contributed by atoms with E-state index in [0.29, 0.717) is 19.3 Å². The van der Waals surface area contributed by atoms with Gasteiger partial charge in [0.15, 0.2) is 0 Å². The lowest BCUT2D eigenvalue weighted by Crippen LogP contribution is -2.28. The van der Waals surface area contributed by atoms with Gasteiger partial charge in [-0.1, -0.05) is 71.3 Å². The van der Waals surface area contributed by atoms with Crippen LogP contribution in [0.2, 0.25) is 0 Å². The summed E-state index contributed by atoms with van der Waals surface area (Å²) in [6, 6.07) is 0. The van der Waals surface area contributed by atoms with Crippen molar-refractivity contribution < 1.29 is 9.59 Å². The molecule has 2 amide bonds. The van der Waals surface area contributed by atoms with Crippen molar-refractivity contribution in [1.29, 1.82) is 0 Å². The van der Waals surface area contributed by atoms with Crippen LogP contribution in [0.4, 0.5) is 0 Å². The molecule has 0 fully saturated rings. The average molecular weight is 349 g/mol. The Kier molecular flexibility index (Phi) is 11.7. The van der Waals surface area contributed by atoms with Gasteiger partial charge in [0.25, 0.3) is 0 Å². The third-order valence-corrected chi connectivity index (χ3v) is 4.51. The summed E-state index contributed by atoms with van der Waals surface area (Å²) in [4.78, 5) is 24.1. The molecule has 4 nitrogen and oxygen atoms in total. The molecule has 0 atom stereocenters. The highest BCUT2D eigenvalue weighted by atomic mass is 16.2. The summed E-state index contributed by atoms with van der Waals surface area (Å²) in [5.74, 6) is 0.103. The van der Waals surface area contributed by atoms with Crippen molar-refractivity contribution in [2.75, 3.05) is 0 Å². The van der Waals surface area contributed by atoms with E-state index in [-0.39, 0.29) is 11.8 Å². The fraction of sp³-hybridized carbons (Fsp3) is 0.714. The van der Waals surface area contributed by atoms with Crippen molar-refractivity contribution in [1.82, 2.24) is 10.6 Å². The SMILES string of the molecule is CCCCCCCC(=O)NC1=C(NC(=O)CCCCCCC)CC=C1. The van der Waals surface area contributed by atoms with E-state index in [1.165, 1.54) is 38.5 Å². The lowest BCUT2D eigenvalue weighted by molar-refractivity contribution is -0.121. The lowest BCUT2D eigenvalue weighted by Gasteiger charge is -2.11. The van der Waals surface area contributed by atoms with E-state index in [2.05, 4.69) is 24.5 Å². The maximum absolute atomic E-state index is 12.0. The minimum absolute atomic E-state index is 0.0457. The van der Waals surface area contributed by atoms with Crippen molar-refractivity contribution in [2.45, 2.75) is 97.3 Å². The van der Waals surface area contributed by atoms with Gasteiger partial charge in [-0.2, -0.15) is 0 Å². The summed E-state index contributed by atoms with van der Waals surface area (Å²) in [7, 11) is 0. The fourth-order valence-corrected chi connectivity index (χ4v) is 2.96.